The molecule has 0 heterocycles. The molecule has 0 fully saturated rings. The highest BCUT2D eigenvalue weighted by Gasteiger charge is 2.02. The number of hydrogen-bond acceptors (Lipinski definition) is 2. The number of ether oxygens (including phenoxy) is 1. The van der Waals surface area contributed by atoms with Gasteiger partial charge in [-0.05, 0) is 47.5 Å². The maximum absolute atomic E-state index is 5.82. The molecular formula is C20H19NO. The predicted octanol–water partition coefficient (Wildman–Crippen LogP) is 5.21. The molecule has 0 atom stereocenters. The molecule has 3 aromatic carbocycles. The van der Waals surface area contributed by atoms with Crippen LogP contribution in [0.25, 0.3) is 11.1 Å². The Kier molecular flexibility index (Phi) is 4.10. The van der Waals surface area contributed by atoms with Gasteiger partial charge in [-0.15, -0.1) is 0 Å². The van der Waals surface area contributed by atoms with Crippen LogP contribution >= 0.6 is 0 Å². The third-order valence-corrected chi connectivity index (χ3v) is 3.53. The maximum atomic E-state index is 5.82. The van der Waals surface area contributed by atoms with E-state index in [9.17, 15) is 0 Å². The van der Waals surface area contributed by atoms with Crippen LogP contribution in [-0.2, 0) is 0 Å². The van der Waals surface area contributed by atoms with Gasteiger partial charge >= 0.3 is 0 Å². The van der Waals surface area contributed by atoms with E-state index in [1.165, 1.54) is 16.8 Å². The Balaban J connectivity index is 1.81. The minimum atomic E-state index is 0.846. The second kappa shape index (κ2) is 6.35. The molecule has 0 amide bonds. The van der Waals surface area contributed by atoms with Crippen LogP contribution in [0.2, 0.25) is 0 Å². The summed E-state index contributed by atoms with van der Waals surface area (Å²) >= 11 is 0. The van der Waals surface area contributed by atoms with Gasteiger partial charge in [0.1, 0.15) is 11.5 Å². The summed E-state index contributed by atoms with van der Waals surface area (Å²) in [5.41, 5.74) is 3.59. The Labute approximate surface area is 131 Å². The average molecular weight is 289 g/mol. The molecule has 0 bridgehead atoms. The van der Waals surface area contributed by atoms with Gasteiger partial charge in [0.25, 0.3) is 0 Å². The standard InChI is InChI=1S/C20H19NO/c1-21(2)18-8-6-7-17(15-18)16-11-13-20(14-12-16)22-19-9-4-3-5-10-19/h3-15H,1-2H3. The van der Waals surface area contributed by atoms with Crippen molar-refractivity contribution in [2.24, 2.45) is 0 Å². The Morgan fingerprint density at radius 3 is 2.00 bits per heavy atom. The fraction of sp³-hybridized carbons (Fsp3) is 0.100. The van der Waals surface area contributed by atoms with Crippen molar-refractivity contribution in [1.29, 1.82) is 0 Å². The normalized spacial score (nSPS) is 10.3. The van der Waals surface area contributed by atoms with Gasteiger partial charge in [-0.2, -0.15) is 0 Å². The lowest BCUT2D eigenvalue weighted by Crippen LogP contribution is -2.08. The Morgan fingerprint density at radius 1 is 0.636 bits per heavy atom. The molecule has 0 saturated carbocycles. The summed E-state index contributed by atoms with van der Waals surface area (Å²) in [6.45, 7) is 0. The van der Waals surface area contributed by atoms with Crippen LogP contribution in [0.5, 0.6) is 11.5 Å². The second-order valence-corrected chi connectivity index (χ2v) is 5.38. The van der Waals surface area contributed by atoms with E-state index < -0.39 is 0 Å². The molecular weight excluding hydrogens is 270 g/mol. The van der Waals surface area contributed by atoms with Gasteiger partial charge in [0.05, 0.1) is 0 Å². The smallest absolute Gasteiger partial charge is 0.127 e. The first-order valence-electron chi connectivity index (χ1n) is 7.33. The summed E-state index contributed by atoms with van der Waals surface area (Å²) in [6, 6.07) is 26.5. The van der Waals surface area contributed by atoms with Crippen LogP contribution in [0.15, 0.2) is 78.9 Å². The zero-order valence-corrected chi connectivity index (χ0v) is 12.9. The first-order valence-corrected chi connectivity index (χ1v) is 7.33. The topological polar surface area (TPSA) is 12.5 Å². The van der Waals surface area contributed by atoms with Gasteiger partial charge in [-0.1, -0.05) is 42.5 Å². The monoisotopic (exact) mass is 289 g/mol. The van der Waals surface area contributed by atoms with E-state index in [2.05, 4.69) is 55.4 Å². The first-order chi connectivity index (χ1) is 10.7. The fourth-order valence-electron chi connectivity index (χ4n) is 2.30. The lowest BCUT2D eigenvalue weighted by Gasteiger charge is -2.14. The quantitative estimate of drug-likeness (QED) is 0.653. The number of hydrogen-bond donors (Lipinski definition) is 0. The molecule has 0 radical (unpaired) electrons. The zero-order valence-electron chi connectivity index (χ0n) is 12.9. The number of rotatable bonds is 4. The highest BCUT2D eigenvalue weighted by molar-refractivity contribution is 5.69. The van der Waals surface area contributed by atoms with Gasteiger partial charge in [-0.25, -0.2) is 0 Å². The van der Waals surface area contributed by atoms with E-state index >= 15 is 0 Å². The SMILES string of the molecule is CN(C)c1cccc(-c2ccc(Oc3ccccc3)cc2)c1. The van der Waals surface area contributed by atoms with E-state index in [4.69, 9.17) is 4.74 Å². The first kappa shape index (κ1) is 14.2. The number of benzene rings is 3. The summed E-state index contributed by atoms with van der Waals surface area (Å²) in [7, 11) is 4.10. The number of para-hydroxylation sites is 1. The Morgan fingerprint density at radius 2 is 1.32 bits per heavy atom. The van der Waals surface area contributed by atoms with Crippen molar-refractivity contribution >= 4 is 5.69 Å². The minimum Gasteiger partial charge on any atom is -0.457 e. The molecule has 0 aromatic heterocycles. The molecule has 2 heteroatoms. The second-order valence-electron chi connectivity index (χ2n) is 5.38. The van der Waals surface area contributed by atoms with Gasteiger partial charge in [0, 0.05) is 19.8 Å². The van der Waals surface area contributed by atoms with Gasteiger partial charge in [-0.3, -0.25) is 0 Å². The van der Waals surface area contributed by atoms with Crippen LogP contribution in [0.4, 0.5) is 5.69 Å². The third kappa shape index (κ3) is 3.29. The van der Waals surface area contributed by atoms with Crippen molar-refractivity contribution in [3.63, 3.8) is 0 Å². The Bertz CT molecular complexity index is 733. The lowest BCUT2D eigenvalue weighted by atomic mass is 10.0. The number of nitrogens with zero attached hydrogens (tertiary/aromatic N) is 1. The third-order valence-electron chi connectivity index (χ3n) is 3.53. The van der Waals surface area contributed by atoms with Gasteiger partial charge in [0.15, 0.2) is 0 Å². The molecule has 3 rings (SSSR count). The lowest BCUT2D eigenvalue weighted by molar-refractivity contribution is 0.483. The summed E-state index contributed by atoms with van der Waals surface area (Å²) in [5.74, 6) is 1.70. The predicted molar refractivity (Wildman–Crippen MR) is 92.7 cm³/mol. The van der Waals surface area contributed by atoms with Crippen LogP contribution in [0, 0.1) is 0 Å². The summed E-state index contributed by atoms with van der Waals surface area (Å²) in [5, 5.41) is 0. The molecule has 0 aliphatic carbocycles. The summed E-state index contributed by atoms with van der Waals surface area (Å²) < 4.78 is 5.82. The highest BCUT2D eigenvalue weighted by atomic mass is 16.5. The molecule has 0 aliphatic heterocycles. The van der Waals surface area contributed by atoms with E-state index in [0.717, 1.165) is 11.5 Å². The van der Waals surface area contributed by atoms with Crippen molar-refractivity contribution in [3.05, 3.63) is 78.9 Å². The van der Waals surface area contributed by atoms with E-state index in [0.29, 0.717) is 0 Å². The largest absolute Gasteiger partial charge is 0.457 e. The molecule has 3 aromatic rings. The van der Waals surface area contributed by atoms with Crippen LogP contribution < -0.4 is 9.64 Å². The van der Waals surface area contributed by atoms with Crippen molar-refractivity contribution in [3.8, 4) is 22.6 Å². The van der Waals surface area contributed by atoms with Crippen molar-refractivity contribution < 1.29 is 4.74 Å². The minimum absolute atomic E-state index is 0.846. The van der Waals surface area contributed by atoms with Crippen molar-refractivity contribution in [2.45, 2.75) is 0 Å². The molecule has 0 aliphatic rings. The van der Waals surface area contributed by atoms with E-state index in [-0.39, 0.29) is 0 Å². The van der Waals surface area contributed by atoms with Gasteiger partial charge < -0.3 is 9.64 Å². The zero-order chi connectivity index (χ0) is 15.4. The summed E-state index contributed by atoms with van der Waals surface area (Å²) in [6.07, 6.45) is 0. The molecule has 22 heavy (non-hydrogen) atoms. The van der Waals surface area contributed by atoms with Gasteiger partial charge in [0.2, 0.25) is 0 Å². The molecule has 0 unspecified atom stereocenters. The maximum Gasteiger partial charge on any atom is 0.127 e. The molecule has 2 nitrogen and oxygen atoms in total. The van der Waals surface area contributed by atoms with Crippen LogP contribution in [-0.4, -0.2) is 14.1 Å². The average Bonchev–Trinajstić information content (AvgIpc) is 2.56. The summed E-state index contributed by atoms with van der Waals surface area (Å²) in [4.78, 5) is 2.11. The number of anilines is 1. The van der Waals surface area contributed by atoms with Crippen LogP contribution in [0.1, 0.15) is 0 Å². The molecule has 0 N–H and O–H groups in total. The van der Waals surface area contributed by atoms with E-state index in [1.54, 1.807) is 0 Å². The fourth-order valence-corrected chi connectivity index (χ4v) is 2.30. The van der Waals surface area contributed by atoms with E-state index in [1.807, 2.05) is 42.5 Å². The van der Waals surface area contributed by atoms with Crippen molar-refractivity contribution in [1.82, 2.24) is 0 Å². The molecule has 0 spiro atoms. The van der Waals surface area contributed by atoms with Crippen molar-refractivity contribution in [2.75, 3.05) is 19.0 Å². The molecule has 0 saturated heterocycles. The van der Waals surface area contributed by atoms with Crippen LogP contribution in [0.3, 0.4) is 0 Å². The Hall–Kier alpha value is -2.74. The highest BCUT2D eigenvalue weighted by Crippen LogP contribution is 2.27. The molecule has 110 valence electrons.